The zero-order chi connectivity index (χ0) is 21.1. The van der Waals surface area contributed by atoms with Crippen LogP contribution in [-0.4, -0.2) is 15.5 Å². The van der Waals surface area contributed by atoms with Gasteiger partial charge in [-0.3, -0.25) is 9.36 Å². The van der Waals surface area contributed by atoms with E-state index in [1.165, 1.54) is 10.6 Å². The molecular weight excluding hydrogens is 388 g/mol. The third-order valence-corrected chi connectivity index (χ3v) is 4.73. The normalized spacial score (nSPS) is 10.9. The summed E-state index contributed by atoms with van der Waals surface area (Å²) >= 11 is 0. The number of para-hydroxylation sites is 1. The Morgan fingerprint density at radius 1 is 0.967 bits per heavy atom. The van der Waals surface area contributed by atoms with Crippen LogP contribution < -0.4 is 11.0 Å². The van der Waals surface area contributed by atoms with Crippen LogP contribution in [0, 0.1) is 11.6 Å². The first kappa shape index (κ1) is 19.4. The van der Waals surface area contributed by atoms with Crippen molar-refractivity contribution in [3.8, 4) is 11.3 Å². The number of amides is 1. The molecule has 1 heterocycles. The van der Waals surface area contributed by atoms with Gasteiger partial charge in [-0.15, -0.1) is 0 Å². The molecular formula is C23H17F2N3O2. The Hall–Kier alpha value is -3.87. The zero-order valence-electron chi connectivity index (χ0n) is 15.8. The molecule has 0 saturated heterocycles. The van der Waals surface area contributed by atoms with E-state index in [2.05, 4.69) is 10.3 Å². The fourth-order valence-corrected chi connectivity index (χ4v) is 3.26. The van der Waals surface area contributed by atoms with Crippen LogP contribution in [0.3, 0.4) is 0 Å². The number of rotatable bonds is 5. The van der Waals surface area contributed by atoms with Gasteiger partial charge in [0.1, 0.15) is 18.2 Å². The SMILES string of the molecule is O=C(Cn1c(=O)nc(-c2ccccc2)c2ccccc21)NCc1ccc(F)cc1F. The van der Waals surface area contributed by atoms with E-state index in [0.29, 0.717) is 11.2 Å². The van der Waals surface area contributed by atoms with Gasteiger partial charge in [-0.2, -0.15) is 4.98 Å². The number of nitrogens with zero attached hydrogens (tertiary/aromatic N) is 2. The Morgan fingerprint density at radius 2 is 1.70 bits per heavy atom. The first-order chi connectivity index (χ1) is 14.5. The molecule has 0 saturated carbocycles. The Bertz CT molecular complexity index is 1290. The van der Waals surface area contributed by atoms with Crippen molar-refractivity contribution in [2.24, 2.45) is 0 Å². The van der Waals surface area contributed by atoms with Gasteiger partial charge in [0.2, 0.25) is 5.91 Å². The van der Waals surface area contributed by atoms with E-state index in [1.54, 1.807) is 12.1 Å². The predicted octanol–water partition coefficient (Wildman–Crippen LogP) is 3.66. The van der Waals surface area contributed by atoms with E-state index in [0.717, 1.165) is 23.1 Å². The molecule has 0 atom stereocenters. The van der Waals surface area contributed by atoms with Crippen molar-refractivity contribution < 1.29 is 13.6 Å². The van der Waals surface area contributed by atoms with Gasteiger partial charge in [-0.25, -0.2) is 13.6 Å². The molecule has 7 heteroatoms. The number of carbonyl (C=O) groups is 1. The van der Waals surface area contributed by atoms with Crippen molar-refractivity contribution in [2.75, 3.05) is 0 Å². The summed E-state index contributed by atoms with van der Waals surface area (Å²) in [4.78, 5) is 29.3. The molecule has 1 aromatic heterocycles. The van der Waals surface area contributed by atoms with Gasteiger partial charge in [-0.05, 0) is 12.1 Å². The molecule has 4 rings (SSSR count). The smallest absolute Gasteiger partial charge is 0.349 e. The molecule has 1 amide bonds. The second kappa shape index (κ2) is 8.24. The number of hydrogen-bond acceptors (Lipinski definition) is 3. The van der Waals surface area contributed by atoms with Gasteiger partial charge in [-0.1, -0.05) is 54.6 Å². The molecule has 4 aromatic rings. The molecule has 0 aliphatic carbocycles. The van der Waals surface area contributed by atoms with Gasteiger partial charge >= 0.3 is 5.69 Å². The number of fused-ring (bicyclic) bond motifs is 1. The van der Waals surface area contributed by atoms with Crippen LogP contribution in [0.5, 0.6) is 0 Å². The zero-order valence-corrected chi connectivity index (χ0v) is 15.8. The maximum absolute atomic E-state index is 13.7. The predicted molar refractivity (Wildman–Crippen MR) is 110 cm³/mol. The highest BCUT2D eigenvalue weighted by atomic mass is 19.1. The largest absolute Gasteiger partial charge is 0.350 e. The highest BCUT2D eigenvalue weighted by Gasteiger charge is 2.14. The molecule has 30 heavy (non-hydrogen) atoms. The first-order valence-corrected chi connectivity index (χ1v) is 9.28. The highest BCUT2D eigenvalue weighted by molar-refractivity contribution is 5.93. The molecule has 0 fully saturated rings. The van der Waals surface area contributed by atoms with Gasteiger partial charge in [0, 0.05) is 29.1 Å². The van der Waals surface area contributed by atoms with Gasteiger partial charge in [0.05, 0.1) is 11.2 Å². The molecule has 150 valence electrons. The van der Waals surface area contributed by atoms with E-state index < -0.39 is 23.2 Å². The number of carbonyl (C=O) groups excluding carboxylic acids is 1. The highest BCUT2D eigenvalue weighted by Crippen LogP contribution is 2.24. The summed E-state index contributed by atoms with van der Waals surface area (Å²) in [5.74, 6) is -1.92. The second-order valence-electron chi connectivity index (χ2n) is 6.72. The van der Waals surface area contributed by atoms with Crippen molar-refractivity contribution in [1.82, 2.24) is 14.9 Å². The van der Waals surface area contributed by atoms with Crippen molar-refractivity contribution >= 4 is 16.8 Å². The lowest BCUT2D eigenvalue weighted by Crippen LogP contribution is -2.33. The summed E-state index contributed by atoms with van der Waals surface area (Å²) in [6, 6.07) is 19.7. The lowest BCUT2D eigenvalue weighted by Gasteiger charge is -2.13. The topological polar surface area (TPSA) is 64.0 Å². The van der Waals surface area contributed by atoms with Crippen molar-refractivity contribution in [1.29, 1.82) is 0 Å². The minimum atomic E-state index is -0.744. The molecule has 3 aromatic carbocycles. The van der Waals surface area contributed by atoms with E-state index in [1.807, 2.05) is 42.5 Å². The van der Waals surface area contributed by atoms with E-state index in [-0.39, 0.29) is 18.7 Å². The van der Waals surface area contributed by atoms with Gasteiger partial charge in [0.25, 0.3) is 0 Å². The number of hydrogen-bond donors (Lipinski definition) is 1. The number of benzene rings is 3. The number of halogens is 2. The Labute approximate surface area is 170 Å². The summed E-state index contributed by atoms with van der Waals surface area (Å²) in [6.45, 7) is -0.391. The monoisotopic (exact) mass is 405 g/mol. The maximum Gasteiger partial charge on any atom is 0.349 e. The van der Waals surface area contributed by atoms with E-state index in [9.17, 15) is 18.4 Å². The van der Waals surface area contributed by atoms with Crippen molar-refractivity contribution in [3.63, 3.8) is 0 Å². The Balaban J connectivity index is 1.62. The third kappa shape index (κ3) is 3.96. The minimum Gasteiger partial charge on any atom is -0.350 e. The molecule has 0 unspecified atom stereocenters. The summed E-state index contributed by atoms with van der Waals surface area (Å²) in [5.41, 5.74) is 1.50. The van der Waals surface area contributed by atoms with Crippen LogP contribution in [0.25, 0.3) is 22.2 Å². The first-order valence-electron chi connectivity index (χ1n) is 9.28. The maximum atomic E-state index is 13.7. The minimum absolute atomic E-state index is 0.118. The Kier molecular flexibility index (Phi) is 5.34. The molecule has 0 aliphatic heterocycles. The number of nitrogens with one attached hydrogen (secondary N) is 1. The van der Waals surface area contributed by atoms with Crippen LogP contribution in [0.2, 0.25) is 0 Å². The molecule has 0 bridgehead atoms. The summed E-state index contributed by atoms with van der Waals surface area (Å²) in [6.07, 6.45) is 0. The van der Waals surface area contributed by atoms with Crippen LogP contribution in [0.4, 0.5) is 8.78 Å². The lowest BCUT2D eigenvalue weighted by molar-refractivity contribution is -0.121. The van der Waals surface area contributed by atoms with E-state index >= 15 is 0 Å². The van der Waals surface area contributed by atoms with Crippen molar-refractivity contribution in [2.45, 2.75) is 13.1 Å². The quantitative estimate of drug-likeness (QED) is 0.551. The molecule has 0 spiro atoms. The van der Waals surface area contributed by atoms with Gasteiger partial charge in [0.15, 0.2) is 0 Å². The van der Waals surface area contributed by atoms with Crippen LogP contribution in [0.1, 0.15) is 5.56 Å². The van der Waals surface area contributed by atoms with Crippen LogP contribution in [-0.2, 0) is 17.9 Å². The molecule has 1 N–H and O–H groups in total. The summed E-state index contributed by atoms with van der Waals surface area (Å²) in [7, 11) is 0. The Morgan fingerprint density at radius 3 is 2.47 bits per heavy atom. The molecule has 0 aliphatic rings. The van der Waals surface area contributed by atoms with Crippen LogP contribution in [0.15, 0.2) is 77.6 Å². The fourth-order valence-electron chi connectivity index (χ4n) is 3.26. The van der Waals surface area contributed by atoms with E-state index in [4.69, 9.17) is 0 Å². The standard InChI is InChI=1S/C23H17F2N3O2/c24-17-11-10-16(19(25)12-17)13-26-21(29)14-28-20-9-5-4-8-18(20)22(27-23(28)30)15-6-2-1-3-7-15/h1-12H,13-14H2,(H,26,29). The molecule has 5 nitrogen and oxygen atoms in total. The lowest BCUT2D eigenvalue weighted by atomic mass is 10.1. The second-order valence-corrected chi connectivity index (χ2v) is 6.72. The third-order valence-electron chi connectivity index (χ3n) is 4.73. The number of aromatic nitrogens is 2. The van der Waals surface area contributed by atoms with Crippen molar-refractivity contribution in [3.05, 3.63) is 100 Å². The average molecular weight is 405 g/mol. The average Bonchev–Trinajstić information content (AvgIpc) is 2.75. The van der Waals surface area contributed by atoms with Crippen LogP contribution >= 0.6 is 0 Å². The summed E-state index contributed by atoms with van der Waals surface area (Å²) in [5, 5.41) is 3.29. The van der Waals surface area contributed by atoms with Gasteiger partial charge < -0.3 is 5.32 Å². The molecule has 0 radical (unpaired) electrons. The fraction of sp³-hybridized carbons (Fsp3) is 0.0870. The summed E-state index contributed by atoms with van der Waals surface area (Å²) < 4.78 is 28.0.